The van der Waals surface area contributed by atoms with Crippen LogP contribution in [-0.2, 0) is 0 Å². The Morgan fingerprint density at radius 3 is 2.62 bits per heavy atom. The van der Waals surface area contributed by atoms with Gasteiger partial charge in [-0.1, -0.05) is 34.1 Å². The molecule has 1 aliphatic rings. The van der Waals surface area contributed by atoms with E-state index in [4.69, 9.17) is 0 Å². The Labute approximate surface area is 102 Å². The van der Waals surface area contributed by atoms with E-state index in [1.165, 1.54) is 38.9 Å². The number of nitrogens with zero attached hydrogens (tertiary/aromatic N) is 1. The van der Waals surface area contributed by atoms with Gasteiger partial charge in [0.05, 0.1) is 0 Å². The second-order valence-corrected chi connectivity index (χ2v) is 5.60. The molecule has 0 radical (unpaired) electrons. The summed E-state index contributed by atoms with van der Waals surface area (Å²) in [5.41, 5.74) is 0. The normalized spacial score (nSPS) is 27.6. The second kappa shape index (κ2) is 7.29. The molecule has 2 nitrogen and oxygen atoms in total. The molecule has 1 saturated heterocycles. The summed E-state index contributed by atoms with van der Waals surface area (Å²) in [7, 11) is 0. The maximum absolute atomic E-state index is 3.64. The predicted molar refractivity (Wildman–Crippen MR) is 71.8 cm³/mol. The number of likely N-dealkylation sites (tertiary alicyclic amines) is 1. The molecular formula is C14H30N2. The Hall–Kier alpha value is -0.0800. The van der Waals surface area contributed by atoms with Crippen molar-refractivity contribution in [1.82, 2.24) is 10.2 Å². The number of hydrogen-bond acceptors (Lipinski definition) is 2. The van der Waals surface area contributed by atoms with Crippen LogP contribution in [0.25, 0.3) is 0 Å². The Morgan fingerprint density at radius 1 is 1.31 bits per heavy atom. The molecule has 1 heterocycles. The molecular weight excluding hydrogens is 196 g/mol. The Morgan fingerprint density at radius 2 is 2.06 bits per heavy atom. The third-order valence-corrected chi connectivity index (χ3v) is 3.83. The molecule has 2 heteroatoms. The number of nitrogens with one attached hydrogen (secondary N) is 1. The lowest BCUT2D eigenvalue weighted by molar-refractivity contribution is 0.130. The van der Waals surface area contributed by atoms with Crippen molar-refractivity contribution in [2.24, 2.45) is 11.8 Å². The van der Waals surface area contributed by atoms with Gasteiger partial charge in [0, 0.05) is 12.6 Å². The lowest BCUT2D eigenvalue weighted by Crippen LogP contribution is -2.49. The molecule has 1 fully saturated rings. The van der Waals surface area contributed by atoms with E-state index in [0.717, 1.165) is 24.4 Å². The maximum atomic E-state index is 3.64. The van der Waals surface area contributed by atoms with Crippen molar-refractivity contribution in [3.8, 4) is 0 Å². The Kier molecular flexibility index (Phi) is 6.37. The molecule has 0 aromatic carbocycles. The van der Waals surface area contributed by atoms with Gasteiger partial charge in [-0.15, -0.1) is 0 Å². The van der Waals surface area contributed by atoms with Gasteiger partial charge in [-0.2, -0.15) is 0 Å². The highest BCUT2D eigenvalue weighted by atomic mass is 15.1. The fourth-order valence-corrected chi connectivity index (χ4v) is 2.70. The quantitative estimate of drug-likeness (QED) is 0.749. The van der Waals surface area contributed by atoms with Crippen LogP contribution in [0.4, 0.5) is 0 Å². The van der Waals surface area contributed by atoms with E-state index < -0.39 is 0 Å². The van der Waals surface area contributed by atoms with E-state index in [1.54, 1.807) is 0 Å². The minimum Gasteiger partial charge on any atom is -0.314 e. The summed E-state index contributed by atoms with van der Waals surface area (Å²) in [4.78, 5) is 2.67. The van der Waals surface area contributed by atoms with Crippen molar-refractivity contribution in [3.05, 3.63) is 0 Å². The van der Waals surface area contributed by atoms with Crippen LogP contribution in [0.15, 0.2) is 0 Å². The van der Waals surface area contributed by atoms with Gasteiger partial charge in [-0.05, 0) is 44.3 Å². The summed E-state index contributed by atoms with van der Waals surface area (Å²) in [5, 5.41) is 3.64. The van der Waals surface area contributed by atoms with Gasteiger partial charge in [0.15, 0.2) is 0 Å². The topological polar surface area (TPSA) is 15.3 Å². The third kappa shape index (κ3) is 4.42. The minimum atomic E-state index is 0.769. The monoisotopic (exact) mass is 226 g/mol. The van der Waals surface area contributed by atoms with E-state index in [9.17, 15) is 0 Å². The van der Waals surface area contributed by atoms with Crippen molar-refractivity contribution in [2.45, 2.75) is 53.0 Å². The van der Waals surface area contributed by atoms with Crippen LogP contribution in [0.2, 0.25) is 0 Å². The predicted octanol–water partition coefficient (Wildman–Crippen LogP) is 2.74. The van der Waals surface area contributed by atoms with Crippen LogP contribution in [0, 0.1) is 11.8 Å². The van der Waals surface area contributed by atoms with E-state index >= 15 is 0 Å². The SMILES string of the molecule is CCNC1CCN(CCC(C)C)CC1CC. The second-order valence-electron chi connectivity index (χ2n) is 5.60. The maximum Gasteiger partial charge on any atom is 0.0119 e. The van der Waals surface area contributed by atoms with Gasteiger partial charge in [-0.25, -0.2) is 0 Å². The molecule has 0 spiro atoms. The molecule has 1 N–H and O–H groups in total. The molecule has 0 saturated carbocycles. The molecule has 0 bridgehead atoms. The highest BCUT2D eigenvalue weighted by molar-refractivity contribution is 4.84. The molecule has 96 valence electrons. The van der Waals surface area contributed by atoms with Crippen LogP contribution >= 0.6 is 0 Å². The first-order valence-corrected chi connectivity index (χ1v) is 7.13. The minimum absolute atomic E-state index is 0.769. The smallest absolute Gasteiger partial charge is 0.0119 e. The number of piperidine rings is 1. The van der Waals surface area contributed by atoms with Crippen molar-refractivity contribution >= 4 is 0 Å². The van der Waals surface area contributed by atoms with Gasteiger partial charge in [0.2, 0.25) is 0 Å². The van der Waals surface area contributed by atoms with Gasteiger partial charge in [0.25, 0.3) is 0 Å². The van der Waals surface area contributed by atoms with Crippen molar-refractivity contribution in [1.29, 1.82) is 0 Å². The van der Waals surface area contributed by atoms with Gasteiger partial charge in [-0.3, -0.25) is 0 Å². The summed E-state index contributed by atoms with van der Waals surface area (Å²) in [6.07, 6.45) is 4.00. The van der Waals surface area contributed by atoms with Crippen molar-refractivity contribution in [2.75, 3.05) is 26.2 Å². The molecule has 2 atom stereocenters. The van der Waals surface area contributed by atoms with E-state index in [2.05, 4.69) is 37.9 Å². The number of hydrogen-bond donors (Lipinski definition) is 1. The first kappa shape index (κ1) is 14.0. The fourth-order valence-electron chi connectivity index (χ4n) is 2.70. The van der Waals surface area contributed by atoms with Gasteiger partial charge in [0.1, 0.15) is 0 Å². The summed E-state index contributed by atoms with van der Waals surface area (Å²) < 4.78 is 0. The summed E-state index contributed by atoms with van der Waals surface area (Å²) >= 11 is 0. The standard InChI is InChI=1S/C14H30N2/c1-5-13-11-16(9-7-12(3)4)10-8-14(13)15-6-2/h12-15H,5-11H2,1-4H3. The van der Waals surface area contributed by atoms with E-state index in [-0.39, 0.29) is 0 Å². The summed E-state index contributed by atoms with van der Waals surface area (Å²) in [6, 6.07) is 0.769. The lowest BCUT2D eigenvalue weighted by Gasteiger charge is -2.39. The van der Waals surface area contributed by atoms with Gasteiger partial charge < -0.3 is 10.2 Å². The first-order valence-electron chi connectivity index (χ1n) is 7.13. The number of rotatable bonds is 6. The van der Waals surface area contributed by atoms with Crippen molar-refractivity contribution < 1.29 is 0 Å². The zero-order chi connectivity index (χ0) is 12.0. The van der Waals surface area contributed by atoms with Crippen LogP contribution in [0.3, 0.4) is 0 Å². The van der Waals surface area contributed by atoms with Gasteiger partial charge >= 0.3 is 0 Å². The first-order chi connectivity index (χ1) is 7.67. The molecule has 2 unspecified atom stereocenters. The highest BCUT2D eigenvalue weighted by Crippen LogP contribution is 2.20. The molecule has 0 aromatic heterocycles. The average molecular weight is 226 g/mol. The largest absolute Gasteiger partial charge is 0.314 e. The molecule has 0 amide bonds. The van der Waals surface area contributed by atoms with Crippen molar-refractivity contribution in [3.63, 3.8) is 0 Å². The average Bonchev–Trinajstić information content (AvgIpc) is 2.28. The van der Waals surface area contributed by atoms with Crippen LogP contribution in [0.1, 0.15) is 47.0 Å². The fraction of sp³-hybridized carbons (Fsp3) is 1.00. The summed E-state index contributed by atoms with van der Waals surface area (Å²) in [5.74, 6) is 1.70. The highest BCUT2D eigenvalue weighted by Gasteiger charge is 2.26. The van der Waals surface area contributed by atoms with Crippen LogP contribution in [0.5, 0.6) is 0 Å². The molecule has 0 aliphatic carbocycles. The Balaban J connectivity index is 2.33. The molecule has 1 rings (SSSR count). The van der Waals surface area contributed by atoms with Crippen LogP contribution in [-0.4, -0.2) is 37.1 Å². The molecule has 16 heavy (non-hydrogen) atoms. The lowest BCUT2D eigenvalue weighted by atomic mass is 9.89. The molecule has 0 aromatic rings. The van der Waals surface area contributed by atoms with E-state index in [0.29, 0.717) is 0 Å². The zero-order valence-corrected chi connectivity index (χ0v) is 11.6. The zero-order valence-electron chi connectivity index (χ0n) is 11.6. The molecule has 1 aliphatic heterocycles. The van der Waals surface area contributed by atoms with E-state index in [1.807, 2.05) is 0 Å². The third-order valence-electron chi connectivity index (χ3n) is 3.83. The Bertz CT molecular complexity index is 180. The summed E-state index contributed by atoms with van der Waals surface area (Å²) in [6.45, 7) is 14.2. The van der Waals surface area contributed by atoms with Crippen LogP contribution < -0.4 is 5.32 Å².